The highest BCUT2D eigenvalue weighted by Gasteiger charge is 2.05. The number of rotatable bonds is 10. The molecule has 0 spiro atoms. The van der Waals surface area contributed by atoms with Gasteiger partial charge in [0.15, 0.2) is 0 Å². The molecule has 0 saturated heterocycles. The molecular weight excluding hydrogens is 374 g/mol. The summed E-state index contributed by atoms with van der Waals surface area (Å²) in [5, 5.41) is 3.66. The van der Waals surface area contributed by atoms with Crippen molar-refractivity contribution in [3.63, 3.8) is 0 Å². The van der Waals surface area contributed by atoms with Gasteiger partial charge < -0.3 is 5.32 Å². The second-order valence-electron chi connectivity index (χ2n) is 8.11. The Bertz CT molecular complexity index is 967. The van der Waals surface area contributed by atoms with E-state index in [-0.39, 0.29) is 0 Å². The van der Waals surface area contributed by atoms with Gasteiger partial charge in [0.2, 0.25) is 0 Å². The van der Waals surface area contributed by atoms with E-state index in [1.54, 1.807) is 0 Å². The summed E-state index contributed by atoms with van der Waals surface area (Å²) in [7, 11) is 0. The minimum absolute atomic E-state index is 1.00. The SMILES string of the molecule is c1ccc(Cc2ccccc2CCNCCc2ccccc2Cc2ccccc2)cc1. The Kier molecular flexibility index (Phi) is 7.68. The van der Waals surface area contributed by atoms with Crippen LogP contribution in [0.4, 0.5) is 0 Å². The Morgan fingerprint density at radius 3 is 1.16 bits per heavy atom. The monoisotopic (exact) mass is 405 g/mol. The molecule has 0 heterocycles. The van der Waals surface area contributed by atoms with Gasteiger partial charge in [-0.1, -0.05) is 109 Å². The Morgan fingerprint density at radius 2 is 0.742 bits per heavy atom. The summed E-state index contributed by atoms with van der Waals surface area (Å²) in [6.45, 7) is 2.01. The van der Waals surface area contributed by atoms with Crippen molar-refractivity contribution in [3.05, 3.63) is 143 Å². The first-order chi connectivity index (χ1) is 15.4. The van der Waals surface area contributed by atoms with Gasteiger partial charge in [-0.3, -0.25) is 0 Å². The Balaban J connectivity index is 1.28. The van der Waals surface area contributed by atoms with Crippen molar-refractivity contribution >= 4 is 0 Å². The predicted molar refractivity (Wildman–Crippen MR) is 132 cm³/mol. The van der Waals surface area contributed by atoms with Crippen molar-refractivity contribution in [2.24, 2.45) is 0 Å². The quantitative estimate of drug-likeness (QED) is 0.308. The predicted octanol–water partition coefficient (Wildman–Crippen LogP) is 6.24. The molecule has 4 aromatic carbocycles. The molecule has 0 unspecified atom stereocenters. The molecule has 1 N–H and O–H groups in total. The first kappa shape index (κ1) is 21.1. The van der Waals surface area contributed by atoms with Crippen LogP contribution in [0.1, 0.15) is 33.4 Å². The van der Waals surface area contributed by atoms with Crippen molar-refractivity contribution < 1.29 is 0 Å². The molecule has 0 aliphatic heterocycles. The van der Waals surface area contributed by atoms with E-state index >= 15 is 0 Å². The zero-order chi connectivity index (χ0) is 21.1. The molecule has 0 atom stereocenters. The van der Waals surface area contributed by atoms with Gasteiger partial charge in [-0.05, 0) is 72.2 Å². The molecule has 156 valence electrons. The maximum atomic E-state index is 3.66. The van der Waals surface area contributed by atoms with E-state index in [2.05, 4.69) is 115 Å². The standard InChI is InChI=1S/C30H31N/c1-3-11-25(12-4-1)23-29-17-9-7-15-27(29)19-21-31-22-20-28-16-8-10-18-30(28)24-26-13-5-2-6-14-26/h1-18,31H,19-24H2. The summed E-state index contributed by atoms with van der Waals surface area (Å²) in [6, 6.07) is 39.2. The van der Waals surface area contributed by atoms with E-state index in [9.17, 15) is 0 Å². The van der Waals surface area contributed by atoms with Gasteiger partial charge in [0.05, 0.1) is 0 Å². The number of nitrogens with one attached hydrogen (secondary N) is 1. The Labute approximate surface area is 186 Å². The van der Waals surface area contributed by atoms with E-state index in [1.807, 2.05) is 0 Å². The molecule has 0 saturated carbocycles. The highest BCUT2D eigenvalue weighted by atomic mass is 14.8. The van der Waals surface area contributed by atoms with Gasteiger partial charge in [-0.25, -0.2) is 0 Å². The average molecular weight is 406 g/mol. The van der Waals surface area contributed by atoms with Crippen molar-refractivity contribution in [2.45, 2.75) is 25.7 Å². The van der Waals surface area contributed by atoms with Crippen LogP contribution < -0.4 is 5.32 Å². The summed E-state index contributed by atoms with van der Waals surface area (Å²) in [5.74, 6) is 0. The summed E-state index contributed by atoms with van der Waals surface area (Å²) >= 11 is 0. The number of hydrogen-bond acceptors (Lipinski definition) is 1. The van der Waals surface area contributed by atoms with Crippen LogP contribution >= 0.6 is 0 Å². The molecule has 0 fully saturated rings. The Morgan fingerprint density at radius 1 is 0.387 bits per heavy atom. The third-order valence-corrected chi connectivity index (χ3v) is 5.85. The average Bonchev–Trinajstić information content (AvgIpc) is 2.82. The van der Waals surface area contributed by atoms with E-state index in [0.29, 0.717) is 0 Å². The van der Waals surface area contributed by atoms with Crippen molar-refractivity contribution in [1.29, 1.82) is 0 Å². The van der Waals surface area contributed by atoms with Crippen LogP contribution in [0.2, 0.25) is 0 Å². The van der Waals surface area contributed by atoms with Crippen LogP contribution in [0.25, 0.3) is 0 Å². The van der Waals surface area contributed by atoms with Crippen molar-refractivity contribution in [2.75, 3.05) is 13.1 Å². The van der Waals surface area contributed by atoms with E-state index in [4.69, 9.17) is 0 Å². The maximum Gasteiger partial charge on any atom is -0.000812 e. The molecule has 4 rings (SSSR count). The fourth-order valence-corrected chi connectivity index (χ4v) is 4.15. The van der Waals surface area contributed by atoms with Gasteiger partial charge in [0.1, 0.15) is 0 Å². The molecule has 1 heteroatoms. The van der Waals surface area contributed by atoms with Gasteiger partial charge in [-0.2, -0.15) is 0 Å². The molecule has 0 bridgehead atoms. The van der Waals surface area contributed by atoms with Crippen LogP contribution in [-0.2, 0) is 25.7 Å². The van der Waals surface area contributed by atoms with Crippen molar-refractivity contribution in [3.8, 4) is 0 Å². The lowest BCUT2D eigenvalue weighted by molar-refractivity contribution is 0.678. The lowest BCUT2D eigenvalue weighted by atomic mass is 9.97. The van der Waals surface area contributed by atoms with Crippen LogP contribution in [0.5, 0.6) is 0 Å². The van der Waals surface area contributed by atoms with Crippen LogP contribution in [0.3, 0.4) is 0 Å². The third-order valence-electron chi connectivity index (χ3n) is 5.85. The summed E-state index contributed by atoms with van der Waals surface area (Å²) in [4.78, 5) is 0. The van der Waals surface area contributed by atoms with Gasteiger partial charge >= 0.3 is 0 Å². The van der Waals surface area contributed by atoms with Crippen LogP contribution in [-0.4, -0.2) is 13.1 Å². The fourth-order valence-electron chi connectivity index (χ4n) is 4.15. The molecule has 31 heavy (non-hydrogen) atoms. The molecule has 0 aromatic heterocycles. The van der Waals surface area contributed by atoms with Gasteiger partial charge in [0.25, 0.3) is 0 Å². The molecule has 4 aromatic rings. The second kappa shape index (κ2) is 11.3. The summed E-state index contributed by atoms with van der Waals surface area (Å²) < 4.78 is 0. The minimum Gasteiger partial charge on any atom is -0.316 e. The highest BCUT2D eigenvalue weighted by Crippen LogP contribution is 2.16. The maximum absolute atomic E-state index is 3.66. The molecule has 0 amide bonds. The van der Waals surface area contributed by atoms with Crippen LogP contribution in [0.15, 0.2) is 109 Å². The highest BCUT2D eigenvalue weighted by molar-refractivity contribution is 5.34. The fraction of sp³-hybridized carbons (Fsp3) is 0.200. The van der Waals surface area contributed by atoms with E-state index in [1.165, 1.54) is 33.4 Å². The molecule has 0 radical (unpaired) electrons. The first-order valence-electron chi connectivity index (χ1n) is 11.3. The van der Waals surface area contributed by atoms with E-state index < -0.39 is 0 Å². The number of hydrogen-bond donors (Lipinski definition) is 1. The van der Waals surface area contributed by atoms with Crippen molar-refractivity contribution in [1.82, 2.24) is 5.32 Å². The molecule has 1 nitrogen and oxygen atoms in total. The van der Waals surface area contributed by atoms with E-state index in [0.717, 1.165) is 38.8 Å². The third kappa shape index (κ3) is 6.41. The van der Waals surface area contributed by atoms with Crippen LogP contribution in [0, 0.1) is 0 Å². The zero-order valence-corrected chi connectivity index (χ0v) is 18.1. The molecular formula is C30H31N. The summed E-state index contributed by atoms with van der Waals surface area (Å²) in [6.07, 6.45) is 4.14. The minimum atomic E-state index is 1.00. The smallest absolute Gasteiger partial charge is 0.000812 e. The largest absolute Gasteiger partial charge is 0.316 e. The lowest BCUT2D eigenvalue weighted by Crippen LogP contribution is -2.21. The normalized spacial score (nSPS) is 10.8. The Hall–Kier alpha value is -3.16. The number of benzene rings is 4. The van der Waals surface area contributed by atoms with Gasteiger partial charge in [0, 0.05) is 0 Å². The lowest BCUT2D eigenvalue weighted by Gasteiger charge is -2.12. The van der Waals surface area contributed by atoms with Gasteiger partial charge in [-0.15, -0.1) is 0 Å². The summed E-state index contributed by atoms with van der Waals surface area (Å²) in [5.41, 5.74) is 8.51. The topological polar surface area (TPSA) is 12.0 Å². The molecule has 0 aliphatic carbocycles. The molecule has 0 aliphatic rings. The first-order valence-corrected chi connectivity index (χ1v) is 11.3. The zero-order valence-electron chi connectivity index (χ0n) is 18.1. The second-order valence-corrected chi connectivity index (χ2v) is 8.11.